The summed E-state index contributed by atoms with van der Waals surface area (Å²) in [6.45, 7) is 4.45. The van der Waals surface area contributed by atoms with E-state index in [2.05, 4.69) is 10.6 Å². The van der Waals surface area contributed by atoms with Crippen LogP contribution in [-0.2, 0) is 4.79 Å². The molecule has 0 spiro atoms. The topological polar surface area (TPSA) is 58.2 Å². The summed E-state index contributed by atoms with van der Waals surface area (Å²) >= 11 is 1.68. The molecular weight excluding hydrogens is 272 g/mol. The van der Waals surface area contributed by atoms with Crippen LogP contribution in [0.2, 0.25) is 0 Å². The van der Waals surface area contributed by atoms with Crippen LogP contribution in [0, 0.1) is 5.92 Å². The van der Waals surface area contributed by atoms with Gasteiger partial charge in [-0.1, -0.05) is 26.0 Å². The van der Waals surface area contributed by atoms with Crippen LogP contribution in [0.5, 0.6) is 0 Å². The molecule has 0 radical (unpaired) electrons. The first kappa shape index (κ1) is 16.6. The number of para-hydroxylation sites is 1. The maximum Gasteiger partial charge on any atom is 0.253 e. The first-order valence-corrected chi connectivity index (χ1v) is 8.16. The monoisotopic (exact) mass is 294 g/mol. The number of benzene rings is 1. The summed E-state index contributed by atoms with van der Waals surface area (Å²) in [7, 11) is 0. The maximum absolute atomic E-state index is 12.1. The minimum atomic E-state index is -0.154. The number of rotatable bonds is 7. The minimum Gasteiger partial charge on any atom is -0.351 e. The van der Waals surface area contributed by atoms with Crippen molar-refractivity contribution in [2.75, 3.05) is 23.9 Å². The van der Waals surface area contributed by atoms with E-state index in [4.69, 9.17) is 0 Å². The van der Waals surface area contributed by atoms with Crippen LogP contribution in [0.3, 0.4) is 0 Å². The van der Waals surface area contributed by atoms with Gasteiger partial charge in [0.05, 0.1) is 11.3 Å². The summed E-state index contributed by atoms with van der Waals surface area (Å²) in [5.74, 6) is 0.589. The van der Waals surface area contributed by atoms with Gasteiger partial charge in [-0.15, -0.1) is 0 Å². The van der Waals surface area contributed by atoms with Gasteiger partial charge in [-0.3, -0.25) is 9.59 Å². The van der Waals surface area contributed by atoms with Gasteiger partial charge in [-0.05, 0) is 24.8 Å². The Bertz CT molecular complexity index is 463. The molecule has 110 valence electrons. The first-order chi connectivity index (χ1) is 9.60. The second-order valence-electron chi connectivity index (χ2n) is 4.59. The molecule has 0 aromatic heterocycles. The van der Waals surface area contributed by atoms with Gasteiger partial charge in [0.2, 0.25) is 5.91 Å². The highest BCUT2D eigenvalue weighted by Crippen LogP contribution is 2.16. The molecule has 0 saturated carbocycles. The minimum absolute atomic E-state index is 0.0585. The number of hydrogen-bond donors (Lipinski definition) is 2. The molecule has 0 fully saturated rings. The Balaban J connectivity index is 2.77. The SMILES string of the molecule is CCC(C)C(=O)Nc1ccccc1C(=O)NCCSC. The smallest absolute Gasteiger partial charge is 0.253 e. The highest BCUT2D eigenvalue weighted by atomic mass is 32.2. The Labute approximate surface area is 124 Å². The molecule has 1 aromatic carbocycles. The predicted molar refractivity (Wildman–Crippen MR) is 85.2 cm³/mol. The molecule has 0 aliphatic rings. The third-order valence-electron chi connectivity index (χ3n) is 3.08. The van der Waals surface area contributed by atoms with Crippen LogP contribution < -0.4 is 10.6 Å². The second kappa shape index (κ2) is 8.64. The average molecular weight is 294 g/mol. The molecule has 0 aliphatic carbocycles. The maximum atomic E-state index is 12.1. The zero-order chi connectivity index (χ0) is 15.0. The van der Waals surface area contributed by atoms with Gasteiger partial charge in [-0.2, -0.15) is 11.8 Å². The van der Waals surface area contributed by atoms with E-state index in [-0.39, 0.29) is 17.7 Å². The van der Waals surface area contributed by atoms with Gasteiger partial charge in [0.15, 0.2) is 0 Å². The number of carbonyl (C=O) groups excluding carboxylic acids is 2. The molecule has 0 saturated heterocycles. The van der Waals surface area contributed by atoms with Crippen LogP contribution in [0.4, 0.5) is 5.69 Å². The van der Waals surface area contributed by atoms with Gasteiger partial charge in [0.1, 0.15) is 0 Å². The summed E-state index contributed by atoms with van der Waals surface area (Å²) in [4.78, 5) is 24.0. The van der Waals surface area contributed by atoms with Crippen molar-refractivity contribution in [2.24, 2.45) is 5.92 Å². The number of amides is 2. The van der Waals surface area contributed by atoms with E-state index < -0.39 is 0 Å². The lowest BCUT2D eigenvalue weighted by Gasteiger charge is -2.13. The number of hydrogen-bond acceptors (Lipinski definition) is 3. The Hall–Kier alpha value is -1.49. The van der Waals surface area contributed by atoms with Crippen molar-refractivity contribution in [3.05, 3.63) is 29.8 Å². The molecule has 0 aliphatic heterocycles. The fourth-order valence-corrected chi connectivity index (χ4v) is 1.90. The number of anilines is 1. The van der Waals surface area contributed by atoms with E-state index >= 15 is 0 Å². The second-order valence-corrected chi connectivity index (χ2v) is 5.58. The molecular formula is C15H22N2O2S. The Morgan fingerprint density at radius 3 is 2.65 bits per heavy atom. The van der Waals surface area contributed by atoms with Crippen molar-refractivity contribution < 1.29 is 9.59 Å². The molecule has 1 atom stereocenters. The molecule has 4 nitrogen and oxygen atoms in total. The molecule has 20 heavy (non-hydrogen) atoms. The van der Waals surface area contributed by atoms with Crippen LogP contribution in [0.15, 0.2) is 24.3 Å². The summed E-state index contributed by atoms with van der Waals surface area (Å²) < 4.78 is 0. The normalized spacial score (nSPS) is 11.8. The number of carbonyl (C=O) groups is 2. The summed E-state index contributed by atoms with van der Waals surface area (Å²) in [5, 5.41) is 5.67. The van der Waals surface area contributed by atoms with E-state index in [0.717, 1.165) is 12.2 Å². The molecule has 1 rings (SSSR count). The lowest BCUT2D eigenvalue weighted by molar-refractivity contribution is -0.119. The molecule has 5 heteroatoms. The average Bonchev–Trinajstić information content (AvgIpc) is 2.47. The van der Waals surface area contributed by atoms with Crippen LogP contribution in [0.25, 0.3) is 0 Å². The van der Waals surface area contributed by atoms with Crippen LogP contribution in [-0.4, -0.2) is 30.4 Å². The van der Waals surface area contributed by atoms with E-state index in [0.29, 0.717) is 17.8 Å². The Kier molecular flexibility index (Phi) is 7.15. The van der Waals surface area contributed by atoms with E-state index in [1.165, 1.54) is 0 Å². The zero-order valence-corrected chi connectivity index (χ0v) is 13.0. The first-order valence-electron chi connectivity index (χ1n) is 6.77. The fourth-order valence-electron chi connectivity index (χ4n) is 1.59. The lowest BCUT2D eigenvalue weighted by atomic mass is 10.1. The van der Waals surface area contributed by atoms with Gasteiger partial charge >= 0.3 is 0 Å². The molecule has 1 aromatic rings. The predicted octanol–water partition coefficient (Wildman–Crippen LogP) is 2.76. The van der Waals surface area contributed by atoms with E-state index in [9.17, 15) is 9.59 Å². The van der Waals surface area contributed by atoms with Crippen molar-refractivity contribution in [2.45, 2.75) is 20.3 Å². The Morgan fingerprint density at radius 1 is 1.30 bits per heavy atom. The number of thioether (sulfide) groups is 1. The molecule has 0 heterocycles. The van der Waals surface area contributed by atoms with E-state index in [1.54, 1.807) is 30.0 Å². The Morgan fingerprint density at radius 2 is 2.00 bits per heavy atom. The number of nitrogens with one attached hydrogen (secondary N) is 2. The van der Waals surface area contributed by atoms with Crippen molar-refractivity contribution in [1.29, 1.82) is 0 Å². The highest BCUT2D eigenvalue weighted by molar-refractivity contribution is 7.98. The summed E-state index contributed by atoms with van der Waals surface area (Å²) in [5.41, 5.74) is 1.07. The van der Waals surface area contributed by atoms with E-state index in [1.807, 2.05) is 26.2 Å². The van der Waals surface area contributed by atoms with Gasteiger partial charge in [0.25, 0.3) is 5.91 Å². The lowest BCUT2D eigenvalue weighted by Crippen LogP contribution is -2.28. The van der Waals surface area contributed by atoms with Crippen molar-refractivity contribution in [1.82, 2.24) is 5.32 Å². The van der Waals surface area contributed by atoms with Crippen molar-refractivity contribution >= 4 is 29.3 Å². The zero-order valence-electron chi connectivity index (χ0n) is 12.2. The van der Waals surface area contributed by atoms with Crippen molar-refractivity contribution in [3.8, 4) is 0 Å². The van der Waals surface area contributed by atoms with Gasteiger partial charge < -0.3 is 10.6 Å². The van der Waals surface area contributed by atoms with Gasteiger partial charge in [-0.25, -0.2) is 0 Å². The fraction of sp³-hybridized carbons (Fsp3) is 0.467. The molecule has 2 amide bonds. The third-order valence-corrected chi connectivity index (χ3v) is 3.69. The standard InChI is InChI=1S/C15H22N2O2S/c1-4-11(2)14(18)17-13-8-6-5-7-12(13)15(19)16-9-10-20-3/h5-8,11H,4,9-10H2,1-3H3,(H,16,19)(H,17,18). The summed E-state index contributed by atoms with van der Waals surface area (Å²) in [6.07, 6.45) is 2.76. The highest BCUT2D eigenvalue weighted by Gasteiger charge is 2.15. The quantitative estimate of drug-likeness (QED) is 0.760. The van der Waals surface area contributed by atoms with Gasteiger partial charge in [0, 0.05) is 18.2 Å². The molecule has 2 N–H and O–H groups in total. The third kappa shape index (κ3) is 4.89. The van der Waals surface area contributed by atoms with Crippen molar-refractivity contribution in [3.63, 3.8) is 0 Å². The molecule has 1 unspecified atom stereocenters. The molecule has 0 bridgehead atoms. The van der Waals surface area contributed by atoms with Crippen LogP contribution >= 0.6 is 11.8 Å². The largest absolute Gasteiger partial charge is 0.351 e. The van der Waals surface area contributed by atoms with Crippen LogP contribution in [0.1, 0.15) is 30.6 Å². The summed E-state index contributed by atoms with van der Waals surface area (Å²) in [6, 6.07) is 7.08.